The van der Waals surface area contributed by atoms with Gasteiger partial charge in [-0.2, -0.15) is 0 Å². The first kappa shape index (κ1) is 22.5. The Morgan fingerprint density at radius 3 is 2.53 bits per heavy atom. The van der Waals surface area contributed by atoms with E-state index in [1.54, 1.807) is 18.2 Å². The molecule has 3 aromatic rings. The maximum Gasteiger partial charge on any atom is 0.293 e. The maximum atomic E-state index is 12.8. The van der Waals surface area contributed by atoms with Gasteiger partial charge in [0.2, 0.25) is 0 Å². The molecule has 0 N–H and O–H groups in total. The van der Waals surface area contributed by atoms with E-state index >= 15 is 0 Å². The van der Waals surface area contributed by atoms with Gasteiger partial charge in [0.05, 0.1) is 11.4 Å². The van der Waals surface area contributed by atoms with Crippen molar-refractivity contribution in [3.05, 3.63) is 104 Å². The predicted octanol–water partition coefficient (Wildman–Crippen LogP) is 7.12. The Balaban J connectivity index is 1.46. The van der Waals surface area contributed by atoms with Crippen LogP contribution in [0.1, 0.15) is 22.3 Å². The van der Waals surface area contributed by atoms with Crippen LogP contribution in [0.2, 0.25) is 10.0 Å². The molecule has 7 heteroatoms. The highest BCUT2D eigenvalue weighted by Crippen LogP contribution is 2.34. The minimum atomic E-state index is -0.292. The zero-order valence-corrected chi connectivity index (χ0v) is 19.5. The van der Waals surface area contributed by atoms with E-state index in [-0.39, 0.29) is 24.3 Å². The number of rotatable bonds is 6. The second-order valence-corrected chi connectivity index (χ2v) is 9.19. The molecule has 0 bridgehead atoms. The van der Waals surface area contributed by atoms with Crippen molar-refractivity contribution in [2.45, 2.75) is 20.1 Å². The quantitative estimate of drug-likeness (QED) is 0.350. The number of nitrogens with zero attached hydrogens (tertiary/aromatic N) is 1. The number of ether oxygens (including phenoxy) is 1. The number of halogens is 2. The summed E-state index contributed by atoms with van der Waals surface area (Å²) >= 11 is 13.1. The lowest BCUT2D eigenvalue weighted by atomic mass is 10.1. The number of aryl methyl sites for hydroxylation is 1. The molecule has 0 atom stereocenters. The Morgan fingerprint density at radius 1 is 1.00 bits per heavy atom. The molecule has 32 heavy (non-hydrogen) atoms. The van der Waals surface area contributed by atoms with Gasteiger partial charge in [0, 0.05) is 15.6 Å². The van der Waals surface area contributed by atoms with Crippen molar-refractivity contribution < 1.29 is 14.3 Å². The Kier molecular flexibility index (Phi) is 6.89. The number of carbonyl (C=O) groups is 2. The lowest BCUT2D eigenvalue weighted by Gasteiger charge is -2.12. The summed E-state index contributed by atoms with van der Waals surface area (Å²) in [4.78, 5) is 26.9. The van der Waals surface area contributed by atoms with Crippen LogP contribution in [-0.2, 0) is 17.9 Å². The number of amides is 2. The van der Waals surface area contributed by atoms with Crippen LogP contribution in [0.3, 0.4) is 0 Å². The maximum absolute atomic E-state index is 12.8. The van der Waals surface area contributed by atoms with Gasteiger partial charge in [0.15, 0.2) is 0 Å². The lowest BCUT2D eigenvalue weighted by molar-refractivity contribution is -0.123. The van der Waals surface area contributed by atoms with E-state index in [2.05, 4.69) is 0 Å². The molecule has 1 aliphatic rings. The highest BCUT2D eigenvalue weighted by atomic mass is 35.5. The second-order valence-electron chi connectivity index (χ2n) is 7.35. The van der Waals surface area contributed by atoms with E-state index in [4.69, 9.17) is 27.9 Å². The van der Waals surface area contributed by atoms with Gasteiger partial charge in [-0.05, 0) is 60.2 Å². The second kappa shape index (κ2) is 9.82. The van der Waals surface area contributed by atoms with E-state index in [0.717, 1.165) is 34.0 Å². The van der Waals surface area contributed by atoms with Crippen molar-refractivity contribution in [2.75, 3.05) is 0 Å². The monoisotopic (exact) mass is 483 g/mol. The molecule has 4 nitrogen and oxygen atoms in total. The molecule has 4 rings (SSSR count). The fourth-order valence-electron chi connectivity index (χ4n) is 3.16. The van der Waals surface area contributed by atoms with Crippen molar-refractivity contribution in [3.8, 4) is 5.75 Å². The van der Waals surface area contributed by atoms with E-state index < -0.39 is 0 Å². The number of carbonyl (C=O) groups excluding carboxylic acids is 2. The van der Waals surface area contributed by atoms with E-state index in [9.17, 15) is 9.59 Å². The first-order valence-electron chi connectivity index (χ1n) is 9.87. The van der Waals surface area contributed by atoms with Crippen molar-refractivity contribution in [1.29, 1.82) is 0 Å². The third-order valence-corrected chi connectivity index (χ3v) is 6.39. The first-order valence-corrected chi connectivity index (χ1v) is 11.4. The number of hydrogen-bond donors (Lipinski definition) is 0. The van der Waals surface area contributed by atoms with Gasteiger partial charge in [-0.1, -0.05) is 71.2 Å². The molecule has 0 aromatic heterocycles. The number of imide groups is 1. The van der Waals surface area contributed by atoms with Gasteiger partial charge in [-0.25, -0.2) is 0 Å². The average molecular weight is 484 g/mol. The molecule has 3 aromatic carbocycles. The molecule has 1 fully saturated rings. The molecule has 0 saturated carbocycles. The lowest BCUT2D eigenvalue weighted by Crippen LogP contribution is -2.27. The predicted molar refractivity (Wildman–Crippen MR) is 130 cm³/mol. The largest absolute Gasteiger partial charge is 0.489 e. The smallest absolute Gasteiger partial charge is 0.293 e. The molecule has 1 saturated heterocycles. The standard InChI is InChI=1S/C25H19Cl2NO3S/c1-16-5-7-17(8-6-16)14-28-24(29)23(32-25(28)30)12-18-3-2-4-21(11-18)31-15-19-9-10-20(26)13-22(19)27/h2-13H,14-15H2,1H3/b23-12-. The van der Waals surface area contributed by atoms with Crippen molar-refractivity contribution in [2.24, 2.45) is 0 Å². The summed E-state index contributed by atoms with van der Waals surface area (Å²) in [5.41, 5.74) is 3.63. The fourth-order valence-corrected chi connectivity index (χ4v) is 4.46. The van der Waals surface area contributed by atoms with Crippen molar-refractivity contribution in [1.82, 2.24) is 4.90 Å². The number of benzene rings is 3. The van der Waals surface area contributed by atoms with Crippen LogP contribution in [0, 0.1) is 6.92 Å². The van der Waals surface area contributed by atoms with Crippen LogP contribution < -0.4 is 4.74 Å². The summed E-state index contributed by atoms with van der Waals surface area (Å²) < 4.78 is 5.85. The molecule has 0 radical (unpaired) electrons. The minimum absolute atomic E-state index is 0.257. The fraction of sp³-hybridized carbons (Fsp3) is 0.120. The Labute approximate surface area is 200 Å². The SMILES string of the molecule is Cc1ccc(CN2C(=O)S/C(=C\c3cccc(OCc4ccc(Cl)cc4Cl)c3)C2=O)cc1. The molecule has 1 aliphatic heterocycles. The molecule has 2 amide bonds. The average Bonchev–Trinajstić information content (AvgIpc) is 3.02. The Morgan fingerprint density at radius 2 is 1.78 bits per heavy atom. The highest BCUT2D eigenvalue weighted by molar-refractivity contribution is 8.18. The van der Waals surface area contributed by atoms with Crippen LogP contribution in [0.15, 0.2) is 71.6 Å². The van der Waals surface area contributed by atoms with Crippen LogP contribution >= 0.6 is 35.0 Å². The zero-order valence-electron chi connectivity index (χ0n) is 17.2. The molecule has 0 spiro atoms. The summed E-state index contributed by atoms with van der Waals surface area (Å²) in [5.74, 6) is 0.337. The zero-order chi connectivity index (χ0) is 22.7. The topological polar surface area (TPSA) is 46.6 Å². The molecule has 0 aliphatic carbocycles. The van der Waals surface area contributed by atoms with Gasteiger partial charge in [0.25, 0.3) is 11.1 Å². The third kappa shape index (κ3) is 5.36. The molecular weight excluding hydrogens is 465 g/mol. The number of hydrogen-bond acceptors (Lipinski definition) is 4. The molecule has 0 unspecified atom stereocenters. The van der Waals surface area contributed by atoms with Gasteiger partial charge in [-0.3, -0.25) is 14.5 Å². The van der Waals surface area contributed by atoms with Crippen LogP contribution in [-0.4, -0.2) is 16.0 Å². The van der Waals surface area contributed by atoms with E-state index in [0.29, 0.717) is 20.7 Å². The van der Waals surface area contributed by atoms with Crippen molar-refractivity contribution in [3.63, 3.8) is 0 Å². The van der Waals surface area contributed by atoms with Gasteiger partial charge in [-0.15, -0.1) is 0 Å². The van der Waals surface area contributed by atoms with Crippen LogP contribution in [0.4, 0.5) is 4.79 Å². The summed E-state index contributed by atoms with van der Waals surface area (Å²) in [6.45, 7) is 2.54. The molecular formula is C25H19Cl2NO3S. The Hall–Kier alpha value is -2.73. The number of thioether (sulfide) groups is 1. The van der Waals surface area contributed by atoms with Gasteiger partial charge in [0.1, 0.15) is 12.4 Å². The minimum Gasteiger partial charge on any atom is -0.489 e. The highest BCUT2D eigenvalue weighted by Gasteiger charge is 2.34. The van der Waals surface area contributed by atoms with E-state index in [1.165, 1.54) is 4.90 Å². The third-order valence-electron chi connectivity index (χ3n) is 4.90. The first-order chi connectivity index (χ1) is 15.4. The summed E-state index contributed by atoms with van der Waals surface area (Å²) in [6, 6.07) is 20.4. The van der Waals surface area contributed by atoms with Gasteiger partial charge >= 0.3 is 0 Å². The van der Waals surface area contributed by atoms with Crippen molar-refractivity contribution >= 4 is 52.2 Å². The van der Waals surface area contributed by atoms with Gasteiger partial charge < -0.3 is 4.74 Å². The Bertz CT molecular complexity index is 1210. The van der Waals surface area contributed by atoms with Crippen LogP contribution in [0.5, 0.6) is 5.75 Å². The van der Waals surface area contributed by atoms with Crippen LogP contribution in [0.25, 0.3) is 6.08 Å². The molecule has 1 heterocycles. The molecule has 162 valence electrons. The summed E-state index contributed by atoms with van der Waals surface area (Å²) in [6.07, 6.45) is 1.71. The summed E-state index contributed by atoms with van der Waals surface area (Å²) in [7, 11) is 0. The summed E-state index contributed by atoms with van der Waals surface area (Å²) in [5, 5.41) is 0.833. The van der Waals surface area contributed by atoms with E-state index in [1.807, 2.05) is 61.5 Å². The normalized spacial score (nSPS) is 15.0.